The number of urea groups is 1. The van der Waals surface area contributed by atoms with E-state index in [9.17, 15) is 32.3 Å². The lowest BCUT2D eigenvalue weighted by atomic mass is 9.83. The van der Waals surface area contributed by atoms with Crippen LogP contribution in [0.4, 0.5) is 34.1 Å². The van der Waals surface area contributed by atoms with Gasteiger partial charge in [-0.25, -0.2) is 9.59 Å². The largest absolute Gasteiger partial charge is 0.436 e. The second-order valence-electron chi connectivity index (χ2n) is 15.8. The maximum absolute atomic E-state index is 14.0. The molecule has 2 atom stereocenters. The van der Waals surface area contributed by atoms with Crippen LogP contribution in [0.3, 0.4) is 0 Å². The summed E-state index contributed by atoms with van der Waals surface area (Å²) in [5, 5.41) is 2.66. The van der Waals surface area contributed by atoms with Crippen molar-refractivity contribution in [2.75, 3.05) is 63.9 Å². The molecular formula is C43H52ClF3N6O6. The maximum Gasteiger partial charge on any atom is 0.418 e. The molecule has 0 spiro atoms. The maximum atomic E-state index is 14.0. The number of hydrogen-bond donors (Lipinski definition) is 2. The van der Waals surface area contributed by atoms with Crippen molar-refractivity contribution in [3.8, 4) is 5.75 Å². The number of ether oxygens (including phenoxy) is 2. The van der Waals surface area contributed by atoms with E-state index >= 15 is 0 Å². The van der Waals surface area contributed by atoms with Crippen LogP contribution in [-0.4, -0.2) is 109 Å². The number of likely N-dealkylation sites (tertiary alicyclic amines) is 2. The van der Waals surface area contributed by atoms with Crippen LogP contribution in [0.5, 0.6) is 5.75 Å². The van der Waals surface area contributed by atoms with Crippen LogP contribution >= 0.6 is 11.6 Å². The molecule has 318 valence electrons. The van der Waals surface area contributed by atoms with Gasteiger partial charge in [-0.05, 0) is 105 Å². The number of anilines is 2. The van der Waals surface area contributed by atoms with Crippen molar-refractivity contribution in [2.24, 2.45) is 11.8 Å². The molecule has 1 unspecified atom stereocenters. The van der Waals surface area contributed by atoms with Gasteiger partial charge in [0.15, 0.2) is 6.10 Å². The van der Waals surface area contributed by atoms with Crippen LogP contribution in [0, 0.1) is 11.8 Å². The third-order valence-electron chi connectivity index (χ3n) is 11.8. The summed E-state index contributed by atoms with van der Waals surface area (Å²) >= 11 is 6.13. The number of esters is 1. The molecule has 0 aliphatic carbocycles. The molecule has 16 heteroatoms. The molecule has 3 aliphatic rings. The van der Waals surface area contributed by atoms with Crippen molar-refractivity contribution in [2.45, 2.75) is 70.2 Å². The van der Waals surface area contributed by atoms with Gasteiger partial charge in [0.1, 0.15) is 5.75 Å². The first kappa shape index (κ1) is 43.6. The normalized spacial score (nSPS) is 18.0. The van der Waals surface area contributed by atoms with E-state index in [2.05, 4.69) is 17.1 Å². The fraction of sp³-hybridized carbons (Fsp3) is 0.488. The number of benzene rings is 3. The van der Waals surface area contributed by atoms with Crippen molar-refractivity contribution < 1.29 is 41.8 Å². The lowest BCUT2D eigenvalue weighted by Crippen LogP contribution is -2.51. The van der Waals surface area contributed by atoms with E-state index < -0.39 is 35.5 Å². The number of nitrogens with zero attached hydrogens (tertiary/aromatic N) is 4. The van der Waals surface area contributed by atoms with Crippen LogP contribution in [0.2, 0.25) is 5.02 Å². The Kier molecular flexibility index (Phi) is 14.3. The smallest absolute Gasteiger partial charge is 0.418 e. The average molecular weight is 841 g/mol. The molecule has 3 aromatic carbocycles. The van der Waals surface area contributed by atoms with E-state index in [0.717, 1.165) is 43.2 Å². The zero-order chi connectivity index (χ0) is 42.3. The van der Waals surface area contributed by atoms with E-state index in [0.29, 0.717) is 50.4 Å². The molecule has 3 aliphatic heterocycles. The molecule has 6 rings (SSSR count). The summed E-state index contributed by atoms with van der Waals surface area (Å²) < 4.78 is 53.0. The second kappa shape index (κ2) is 19.4. The predicted molar refractivity (Wildman–Crippen MR) is 218 cm³/mol. The fourth-order valence-electron chi connectivity index (χ4n) is 8.22. The van der Waals surface area contributed by atoms with Gasteiger partial charge in [-0.15, -0.1) is 0 Å². The van der Waals surface area contributed by atoms with Gasteiger partial charge < -0.3 is 35.2 Å². The highest BCUT2D eigenvalue weighted by Gasteiger charge is 2.37. The van der Waals surface area contributed by atoms with E-state index in [1.807, 2.05) is 30.3 Å². The Bertz CT molecular complexity index is 1960. The van der Waals surface area contributed by atoms with E-state index in [4.69, 9.17) is 26.8 Å². The third-order valence-corrected chi connectivity index (χ3v) is 12.1. The molecule has 3 aromatic rings. The lowest BCUT2D eigenvalue weighted by molar-refractivity contribution is -0.139. The molecule has 12 nitrogen and oxygen atoms in total. The van der Waals surface area contributed by atoms with Gasteiger partial charge in [0.2, 0.25) is 0 Å². The van der Waals surface area contributed by atoms with Gasteiger partial charge in [0.05, 0.1) is 22.8 Å². The van der Waals surface area contributed by atoms with Crippen molar-refractivity contribution in [3.63, 3.8) is 0 Å². The summed E-state index contributed by atoms with van der Waals surface area (Å²) in [7, 11) is 1.59. The summed E-state index contributed by atoms with van der Waals surface area (Å²) in [6.07, 6.45) is -3.36. The fourth-order valence-corrected chi connectivity index (χ4v) is 8.46. The number of hydrogen-bond acceptors (Lipinski definition) is 8. The van der Waals surface area contributed by atoms with Crippen molar-refractivity contribution in [3.05, 3.63) is 88.4 Å². The van der Waals surface area contributed by atoms with E-state index in [1.54, 1.807) is 36.2 Å². The summed E-state index contributed by atoms with van der Waals surface area (Å²) in [5.41, 5.74) is 5.77. The van der Waals surface area contributed by atoms with Crippen LogP contribution < -0.4 is 15.8 Å². The third kappa shape index (κ3) is 11.4. The highest BCUT2D eigenvalue weighted by atomic mass is 35.5. The SMILES string of the molecule is CC(CCN(C)C(=O)[C@@H](Cc1cc(Cl)c(N)c(C(F)(F)F)c1)OC(=O)N1CCC(N2CCc3ccccc3NC2=O)CC1)C1CCN(CC(=O)Oc2ccccc2)CC1. The molecular weight excluding hydrogens is 789 g/mol. The number of nitrogen functional groups attached to an aromatic ring is 1. The Balaban J connectivity index is 1.05. The molecule has 3 N–H and O–H groups in total. The van der Waals surface area contributed by atoms with Gasteiger partial charge in [0.25, 0.3) is 5.91 Å². The zero-order valence-corrected chi connectivity index (χ0v) is 34.1. The molecule has 0 saturated carbocycles. The highest BCUT2D eigenvalue weighted by Crippen LogP contribution is 2.38. The molecule has 0 bridgehead atoms. The van der Waals surface area contributed by atoms with Gasteiger partial charge in [0, 0.05) is 51.4 Å². The standard InChI is InChI=1S/C43H52ClF3N6O6/c1-28(30-13-19-51(20-14-30)27-38(54)58-33-9-4-3-5-10-33)12-18-50(2)40(55)37(26-29-24-34(43(45,46)47)39(48)35(44)25-29)59-42(57)52-21-16-32(17-22-52)53-23-15-31-8-6-7-11-36(31)49-41(53)56/h3-11,24-25,28,30,32,37H,12-23,26-27,48H2,1-2H3,(H,49,56)/t28?,37-/m1/s1. The van der Waals surface area contributed by atoms with Crippen molar-refractivity contribution >= 4 is 47.0 Å². The molecule has 3 heterocycles. The Hall–Kier alpha value is -5.02. The first-order chi connectivity index (χ1) is 28.2. The van der Waals surface area contributed by atoms with E-state index in [1.165, 1.54) is 15.9 Å². The minimum absolute atomic E-state index is 0.0377. The minimum Gasteiger partial charge on any atom is -0.436 e. The number of nitrogens with one attached hydrogen (secondary N) is 1. The topological polar surface area (TPSA) is 138 Å². The Morgan fingerprint density at radius 1 is 0.966 bits per heavy atom. The monoisotopic (exact) mass is 840 g/mol. The van der Waals surface area contributed by atoms with Gasteiger partial charge in [-0.2, -0.15) is 13.2 Å². The predicted octanol–water partition coefficient (Wildman–Crippen LogP) is 7.35. The number of amides is 4. The number of carbonyl (C=O) groups excluding carboxylic acids is 4. The summed E-state index contributed by atoms with van der Waals surface area (Å²) in [4.78, 5) is 60.1. The highest BCUT2D eigenvalue weighted by molar-refractivity contribution is 6.33. The Morgan fingerprint density at radius 3 is 2.34 bits per heavy atom. The molecule has 2 saturated heterocycles. The number of fused-ring (bicyclic) bond motifs is 1. The number of piperidine rings is 2. The number of para-hydroxylation sites is 2. The molecule has 0 radical (unpaired) electrons. The van der Waals surface area contributed by atoms with Crippen LogP contribution in [0.1, 0.15) is 55.7 Å². The van der Waals surface area contributed by atoms with Crippen molar-refractivity contribution in [1.82, 2.24) is 19.6 Å². The molecule has 59 heavy (non-hydrogen) atoms. The van der Waals surface area contributed by atoms with Crippen molar-refractivity contribution in [1.29, 1.82) is 0 Å². The van der Waals surface area contributed by atoms with Crippen LogP contribution in [0.15, 0.2) is 66.7 Å². The minimum atomic E-state index is -4.80. The summed E-state index contributed by atoms with van der Waals surface area (Å²) in [6.45, 7) is 5.13. The number of rotatable bonds is 12. The van der Waals surface area contributed by atoms with Crippen LogP contribution in [0.25, 0.3) is 0 Å². The number of carbonyl (C=O) groups is 4. The lowest BCUT2D eigenvalue weighted by Gasteiger charge is -2.38. The van der Waals surface area contributed by atoms with Crippen LogP contribution in [-0.2, 0) is 33.3 Å². The summed E-state index contributed by atoms with van der Waals surface area (Å²) in [5.74, 6) is 0.204. The van der Waals surface area contributed by atoms with Gasteiger partial charge in [-0.1, -0.05) is 54.9 Å². The number of alkyl halides is 3. The van der Waals surface area contributed by atoms with Gasteiger partial charge in [-0.3, -0.25) is 14.5 Å². The average Bonchev–Trinajstić information content (AvgIpc) is 3.38. The number of likely N-dealkylation sites (N-methyl/N-ethyl adjacent to an activating group) is 1. The summed E-state index contributed by atoms with van der Waals surface area (Å²) in [6, 6.07) is 18.3. The number of nitrogens with two attached hydrogens (primary N) is 1. The second-order valence-corrected chi connectivity index (χ2v) is 16.2. The Morgan fingerprint density at radius 2 is 1.64 bits per heavy atom. The first-order valence-corrected chi connectivity index (χ1v) is 20.5. The van der Waals surface area contributed by atoms with E-state index in [-0.39, 0.29) is 60.6 Å². The van der Waals surface area contributed by atoms with Gasteiger partial charge >= 0.3 is 24.3 Å². The quantitative estimate of drug-likeness (QED) is 0.110. The molecule has 2 fully saturated rings. The number of halogens is 4. The zero-order valence-electron chi connectivity index (χ0n) is 33.4. The molecule has 0 aromatic heterocycles. The Labute approximate surface area is 347 Å². The first-order valence-electron chi connectivity index (χ1n) is 20.2. The molecule has 4 amide bonds.